The Morgan fingerprint density at radius 1 is 1.45 bits per heavy atom. The average Bonchev–Trinajstić information content (AvgIpc) is 2.44. The van der Waals surface area contributed by atoms with Crippen LogP contribution < -0.4 is 5.32 Å². The van der Waals surface area contributed by atoms with E-state index in [9.17, 15) is 4.79 Å². The molecule has 5 nitrogen and oxygen atoms in total. The first-order valence-electron chi connectivity index (χ1n) is 7.64. The van der Waals surface area contributed by atoms with Gasteiger partial charge in [0.25, 0.3) is 0 Å². The minimum Gasteiger partial charge on any atom is -0.468 e. The van der Waals surface area contributed by atoms with Gasteiger partial charge >= 0.3 is 5.97 Å². The van der Waals surface area contributed by atoms with Crippen LogP contribution in [-0.2, 0) is 19.0 Å². The van der Waals surface area contributed by atoms with Crippen LogP contribution in [0.25, 0.3) is 0 Å². The van der Waals surface area contributed by atoms with Crippen LogP contribution >= 0.6 is 0 Å². The first kappa shape index (κ1) is 17.4. The molecule has 1 aliphatic rings. The average molecular weight is 287 g/mol. The number of hydrogen-bond acceptors (Lipinski definition) is 5. The van der Waals surface area contributed by atoms with Crippen molar-refractivity contribution in [1.82, 2.24) is 5.32 Å². The Labute approximate surface area is 122 Å². The van der Waals surface area contributed by atoms with E-state index in [0.717, 1.165) is 25.8 Å². The number of likely N-dealkylation sites (N-methyl/N-ethyl adjacent to an activating group) is 1. The van der Waals surface area contributed by atoms with E-state index < -0.39 is 5.54 Å². The molecule has 1 N–H and O–H groups in total. The summed E-state index contributed by atoms with van der Waals surface area (Å²) in [6, 6.07) is 0. The maximum Gasteiger partial charge on any atom is 0.326 e. The third-order valence-corrected chi connectivity index (χ3v) is 3.78. The van der Waals surface area contributed by atoms with E-state index in [2.05, 4.69) is 5.32 Å². The highest BCUT2D eigenvalue weighted by Gasteiger charge is 2.43. The predicted octanol–water partition coefficient (Wildman–Crippen LogP) is 1.89. The van der Waals surface area contributed by atoms with Crippen LogP contribution in [0.15, 0.2) is 0 Å². The molecule has 1 aliphatic carbocycles. The lowest BCUT2D eigenvalue weighted by Gasteiger charge is -2.39. The zero-order chi connectivity index (χ0) is 15.0. The molecule has 3 unspecified atom stereocenters. The summed E-state index contributed by atoms with van der Waals surface area (Å²) in [6.07, 6.45) is 3.57. The second-order valence-corrected chi connectivity index (χ2v) is 5.43. The van der Waals surface area contributed by atoms with Crippen molar-refractivity contribution in [2.75, 3.05) is 26.9 Å². The Kier molecular flexibility index (Phi) is 7.48. The van der Waals surface area contributed by atoms with Gasteiger partial charge in [0.05, 0.1) is 25.9 Å². The van der Waals surface area contributed by atoms with Gasteiger partial charge in [-0.3, -0.25) is 4.79 Å². The summed E-state index contributed by atoms with van der Waals surface area (Å²) in [6.45, 7) is 8.03. The molecular formula is C15H29NO4. The number of carbonyl (C=O) groups is 1. The maximum atomic E-state index is 12.1. The molecule has 0 heterocycles. The van der Waals surface area contributed by atoms with Crippen molar-refractivity contribution in [2.45, 2.75) is 64.2 Å². The standard InChI is InChI=1S/C15H29NO4/c1-5-16-15(14(17)18-4)9-7-8-13(10-15)20-12(3)11-19-6-2/h12-13,16H,5-11H2,1-4H3. The summed E-state index contributed by atoms with van der Waals surface area (Å²) >= 11 is 0. The van der Waals surface area contributed by atoms with Crippen LogP contribution in [0.4, 0.5) is 0 Å². The van der Waals surface area contributed by atoms with E-state index in [0.29, 0.717) is 19.6 Å². The molecule has 0 aromatic carbocycles. The Balaban J connectivity index is 2.60. The summed E-state index contributed by atoms with van der Waals surface area (Å²) in [5, 5.41) is 3.31. The lowest BCUT2D eigenvalue weighted by molar-refractivity contribution is -0.154. The molecule has 118 valence electrons. The molecule has 1 saturated carbocycles. The fourth-order valence-corrected chi connectivity index (χ4v) is 2.94. The Hall–Kier alpha value is -0.650. The fraction of sp³-hybridized carbons (Fsp3) is 0.933. The number of esters is 1. The number of methoxy groups -OCH3 is 1. The van der Waals surface area contributed by atoms with E-state index in [1.807, 2.05) is 20.8 Å². The van der Waals surface area contributed by atoms with Crippen LogP contribution in [0.5, 0.6) is 0 Å². The fourth-order valence-electron chi connectivity index (χ4n) is 2.94. The molecule has 0 amide bonds. The van der Waals surface area contributed by atoms with Crippen LogP contribution in [0.1, 0.15) is 46.5 Å². The molecule has 1 fully saturated rings. The molecule has 3 atom stereocenters. The van der Waals surface area contributed by atoms with Gasteiger partial charge in [-0.25, -0.2) is 0 Å². The quantitative estimate of drug-likeness (QED) is 0.691. The summed E-state index contributed by atoms with van der Waals surface area (Å²) in [4.78, 5) is 12.1. The van der Waals surface area contributed by atoms with Crippen LogP contribution in [0.3, 0.4) is 0 Å². The molecule has 0 saturated heterocycles. The first-order valence-corrected chi connectivity index (χ1v) is 7.64. The molecule has 1 rings (SSSR count). The molecule has 0 spiro atoms. The molecule has 0 aromatic rings. The minimum atomic E-state index is -0.586. The second kappa shape index (κ2) is 8.60. The van der Waals surface area contributed by atoms with Crippen molar-refractivity contribution in [2.24, 2.45) is 0 Å². The molecule has 20 heavy (non-hydrogen) atoms. The van der Waals surface area contributed by atoms with Crippen LogP contribution in [0, 0.1) is 0 Å². The third kappa shape index (κ3) is 4.72. The molecular weight excluding hydrogens is 258 g/mol. The smallest absolute Gasteiger partial charge is 0.326 e. The van der Waals surface area contributed by atoms with Crippen LogP contribution in [-0.4, -0.2) is 50.6 Å². The van der Waals surface area contributed by atoms with Gasteiger partial charge in [0, 0.05) is 13.0 Å². The lowest BCUT2D eigenvalue weighted by Crippen LogP contribution is -2.57. The van der Waals surface area contributed by atoms with Crippen molar-refractivity contribution in [3.05, 3.63) is 0 Å². The number of hydrogen-bond donors (Lipinski definition) is 1. The van der Waals surface area contributed by atoms with E-state index >= 15 is 0 Å². The molecule has 5 heteroatoms. The maximum absolute atomic E-state index is 12.1. The zero-order valence-electron chi connectivity index (χ0n) is 13.2. The normalized spacial score (nSPS) is 28.1. The molecule has 0 bridgehead atoms. The summed E-state index contributed by atoms with van der Waals surface area (Å²) < 4.78 is 16.4. The van der Waals surface area contributed by atoms with Crippen molar-refractivity contribution >= 4 is 5.97 Å². The van der Waals surface area contributed by atoms with Crippen molar-refractivity contribution in [1.29, 1.82) is 0 Å². The summed E-state index contributed by atoms with van der Waals surface area (Å²) in [7, 11) is 1.45. The van der Waals surface area contributed by atoms with Crippen molar-refractivity contribution in [3.8, 4) is 0 Å². The lowest BCUT2D eigenvalue weighted by atomic mass is 9.80. The van der Waals surface area contributed by atoms with E-state index in [1.54, 1.807) is 0 Å². The highest BCUT2D eigenvalue weighted by atomic mass is 16.5. The van der Waals surface area contributed by atoms with E-state index in [4.69, 9.17) is 14.2 Å². The number of rotatable bonds is 8. The summed E-state index contributed by atoms with van der Waals surface area (Å²) in [5.74, 6) is -0.176. The van der Waals surface area contributed by atoms with Gasteiger partial charge in [-0.05, 0) is 39.7 Å². The van der Waals surface area contributed by atoms with Crippen molar-refractivity contribution in [3.63, 3.8) is 0 Å². The number of ether oxygens (including phenoxy) is 3. The predicted molar refractivity (Wildman–Crippen MR) is 77.7 cm³/mol. The Morgan fingerprint density at radius 2 is 2.20 bits per heavy atom. The number of carbonyl (C=O) groups excluding carboxylic acids is 1. The van der Waals surface area contributed by atoms with Gasteiger partial charge in [0.2, 0.25) is 0 Å². The first-order chi connectivity index (χ1) is 9.57. The van der Waals surface area contributed by atoms with Gasteiger partial charge in [0.15, 0.2) is 0 Å². The molecule has 0 aliphatic heterocycles. The van der Waals surface area contributed by atoms with Gasteiger partial charge in [0.1, 0.15) is 5.54 Å². The van der Waals surface area contributed by atoms with Gasteiger partial charge < -0.3 is 19.5 Å². The van der Waals surface area contributed by atoms with E-state index in [1.165, 1.54) is 7.11 Å². The monoisotopic (exact) mass is 287 g/mol. The zero-order valence-corrected chi connectivity index (χ0v) is 13.2. The number of nitrogens with one attached hydrogen (secondary N) is 1. The van der Waals surface area contributed by atoms with Gasteiger partial charge in [-0.15, -0.1) is 0 Å². The highest BCUT2D eigenvalue weighted by Crippen LogP contribution is 2.32. The van der Waals surface area contributed by atoms with E-state index in [-0.39, 0.29) is 18.2 Å². The van der Waals surface area contributed by atoms with Gasteiger partial charge in [-0.1, -0.05) is 6.92 Å². The molecule has 0 aromatic heterocycles. The Bertz CT molecular complexity index is 294. The van der Waals surface area contributed by atoms with Gasteiger partial charge in [-0.2, -0.15) is 0 Å². The van der Waals surface area contributed by atoms with Crippen molar-refractivity contribution < 1.29 is 19.0 Å². The largest absolute Gasteiger partial charge is 0.468 e. The van der Waals surface area contributed by atoms with Crippen LogP contribution in [0.2, 0.25) is 0 Å². The second-order valence-electron chi connectivity index (χ2n) is 5.43. The summed E-state index contributed by atoms with van der Waals surface area (Å²) in [5.41, 5.74) is -0.586. The molecule has 0 radical (unpaired) electrons. The SMILES string of the molecule is CCNC1(C(=O)OC)CCCC(OC(C)COCC)C1. The third-order valence-electron chi connectivity index (χ3n) is 3.78. The topological polar surface area (TPSA) is 56.8 Å². The Morgan fingerprint density at radius 3 is 2.80 bits per heavy atom. The highest BCUT2D eigenvalue weighted by molar-refractivity contribution is 5.81. The minimum absolute atomic E-state index is 0.0509.